The van der Waals surface area contributed by atoms with Gasteiger partial charge in [0, 0.05) is 26.1 Å². The van der Waals surface area contributed by atoms with Crippen molar-refractivity contribution in [3.05, 3.63) is 0 Å². The zero-order valence-corrected chi connectivity index (χ0v) is 10.5. The third kappa shape index (κ3) is 4.49. The predicted molar refractivity (Wildman–Crippen MR) is 64.3 cm³/mol. The van der Waals surface area contributed by atoms with Gasteiger partial charge in [0.2, 0.25) is 5.91 Å². The molecule has 0 bridgehead atoms. The van der Waals surface area contributed by atoms with E-state index in [4.69, 9.17) is 4.74 Å². The van der Waals surface area contributed by atoms with Crippen molar-refractivity contribution in [3.63, 3.8) is 0 Å². The minimum atomic E-state index is 0.274. The topological polar surface area (TPSA) is 41.6 Å². The molecule has 1 saturated heterocycles. The van der Waals surface area contributed by atoms with Crippen molar-refractivity contribution in [2.75, 3.05) is 39.4 Å². The number of carbonyl (C=O) groups is 1. The van der Waals surface area contributed by atoms with Gasteiger partial charge in [-0.3, -0.25) is 4.79 Å². The van der Waals surface area contributed by atoms with Gasteiger partial charge in [-0.2, -0.15) is 0 Å². The van der Waals surface area contributed by atoms with Gasteiger partial charge < -0.3 is 15.0 Å². The second-order valence-corrected chi connectivity index (χ2v) is 4.23. The van der Waals surface area contributed by atoms with E-state index < -0.39 is 0 Å². The predicted octanol–water partition coefficient (Wildman–Crippen LogP) is 0.871. The number of rotatable bonds is 7. The number of carbonyl (C=O) groups excluding carboxylic acids is 1. The molecule has 1 heterocycles. The van der Waals surface area contributed by atoms with E-state index in [1.165, 1.54) is 0 Å². The molecule has 1 N–H and O–H groups in total. The first-order valence-electron chi connectivity index (χ1n) is 6.34. The maximum absolute atomic E-state index is 12.0. The average Bonchev–Trinajstić information content (AvgIpc) is 2.77. The molecule has 1 aliphatic rings. The van der Waals surface area contributed by atoms with E-state index in [9.17, 15) is 4.79 Å². The van der Waals surface area contributed by atoms with Crippen LogP contribution in [-0.4, -0.2) is 50.2 Å². The lowest BCUT2D eigenvalue weighted by molar-refractivity contribution is -0.132. The molecular weight excluding hydrogens is 204 g/mol. The summed E-state index contributed by atoms with van der Waals surface area (Å²) >= 11 is 0. The van der Waals surface area contributed by atoms with Crippen LogP contribution < -0.4 is 5.32 Å². The SMILES string of the molecule is CCOCCN(CC)C(=O)CC1CCNC1. The van der Waals surface area contributed by atoms with Crippen LogP contribution in [0.4, 0.5) is 0 Å². The van der Waals surface area contributed by atoms with Crippen LogP contribution in [0.25, 0.3) is 0 Å². The zero-order chi connectivity index (χ0) is 11.8. The van der Waals surface area contributed by atoms with E-state index in [1.807, 2.05) is 18.7 Å². The van der Waals surface area contributed by atoms with Gasteiger partial charge in [-0.25, -0.2) is 0 Å². The van der Waals surface area contributed by atoms with Crippen molar-refractivity contribution in [2.45, 2.75) is 26.7 Å². The monoisotopic (exact) mass is 228 g/mol. The van der Waals surface area contributed by atoms with Crippen LogP contribution >= 0.6 is 0 Å². The van der Waals surface area contributed by atoms with Crippen molar-refractivity contribution in [1.29, 1.82) is 0 Å². The Morgan fingerprint density at radius 3 is 2.88 bits per heavy atom. The van der Waals surface area contributed by atoms with Gasteiger partial charge in [-0.05, 0) is 39.3 Å². The molecule has 1 fully saturated rings. The number of ether oxygens (including phenoxy) is 1. The Morgan fingerprint density at radius 1 is 1.50 bits per heavy atom. The molecular formula is C12H24N2O2. The third-order valence-corrected chi connectivity index (χ3v) is 3.07. The summed E-state index contributed by atoms with van der Waals surface area (Å²) in [7, 11) is 0. The fraction of sp³-hybridized carbons (Fsp3) is 0.917. The summed E-state index contributed by atoms with van der Waals surface area (Å²) in [5.41, 5.74) is 0. The maximum atomic E-state index is 12.0. The standard InChI is InChI=1S/C12H24N2O2/c1-3-14(7-8-16-4-2)12(15)9-11-5-6-13-10-11/h11,13H,3-10H2,1-2H3. The van der Waals surface area contributed by atoms with Crippen LogP contribution in [0, 0.1) is 5.92 Å². The molecule has 16 heavy (non-hydrogen) atoms. The van der Waals surface area contributed by atoms with Gasteiger partial charge in [0.1, 0.15) is 0 Å². The molecule has 4 nitrogen and oxygen atoms in total. The molecule has 1 amide bonds. The van der Waals surface area contributed by atoms with Crippen LogP contribution in [0.1, 0.15) is 26.7 Å². The molecule has 1 unspecified atom stereocenters. The average molecular weight is 228 g/mol. The van der Waals surface area contributed by atoms with E-state index >= 15 is 0 Å². The Hall–Kier alpha value is -0.610. The Kier molecular flexibility index (Phi) is 6.42. The minimum absolute atomic E-state index is 0.274. The van der Waals surface area contributed by atoms with Gasteiger partial charge in [0.15, 0.2) is 0 Å². The van der Waals surface area contributed by atoms with Crippen LogP contribution in [-0.2, 0) is 9.53 Å². The Balaban J connectivity index is 2.24. The van der Waals surface area contributed by atoms with Crippen molar-refractivity contribution in [1.82, 2.24) is 10.2 Å². The lowest BCUT2D eigenvalue weighted by atomic mass is 10.0. The van der Waals surface area contributed by atoms with E-state index in [0.29, 0.717) is 18.9 Å². The zero-order valence-electron chi connectivity index (χ0n) is 10.5. The highest BCUT2D eigenvalue weighted by Gasteiger charge is 2.20. The van der Waals surface area contributed by atoms with Gasteiger partial charge in [-0.15, -0.1) is 0 Å². The molecule has 94 valence electrons. The molecule has 0 saturated carbocycles. The summed E-state index contributed by atoms with van der Waals surface area (Å²) in [4.78, 5) is 13.9. The minimum Gasteiger partial charge on any atom is -0.380 e. The fourth-order valence-corrected chi connectivity index (χ4v) is 2.04. The first kappa shape index (κ1) is 13.5. The van der Waals surface area contributed by atoms with Gasteiger partial charge in [0.05, 0.1) is 6.61 Å². The van der Waals surface area contributed by atoms with Crippen LogP contribution in [0.2, 0.25) is 0 Å². The third-order valence-electron chi connectivity index (χ3n) is 3.07. The summed E-state index contributed by atoms with van der Waals surface area (Å²) in [6.45, 7) is 8.93. The van der Waals surface area contributed by atoms with Crippen molar-refractivity contribution in [3.8, 4) is 0 Å². The fourth-order valence-electron chi connectivity index (χ4n) is 2.04. The summed E-state index contributed by atoms with van der Waals surface area (Å²) in [6.07, 6.45) is 1.82. The van der Waals surface area contributed by atoms with Crippen LogP contribution in [0.15, 0.2) is 0 Å². The second kappa shape index (κ2) is 7.63. The quantitative estimate of drug-likeness (QED) is 0.657. The van der Waals surface area contributed by atoms with Gasteiger partial charge >= 0.3 is 0 Å². The van der Waals surface area contributed by atoms with Gasteiger partial charge in [-0.1, -0.05) is 0 Å². The highest BCUT2D eigenvalue weighted by Crippen LogP contribution is 2.13. The first-order valence-corrected chi connectivity index (χ1v) is 6.34. The maximum Gasteiger partial charge on any atom is 0.222 e. The largest absolute Gasteiger partial charge is 0.380 e. The molecule has 0 aromatic carbocycles. The molecule has 4 heteroatoms. The van der Waals surface area contributed by atoms with Crippen LogP contribution in [0.5, 0.6) is 0 Å². The normalized spacial score (nSPS) is 20.0. The molecule has 0 aliphatic carbocycles. The number of nitrogens with one attached hydrogen (secondary N) is 1. The lowest BCUT2D eigenvalue weighted by Crippen LogP contribution is -2.35. The van der Waals surface area contributed by atoms with Gasteiger partial charge in [0.25, 0.3) is 0 Å². The number of nitrogens with zero attached hydrogens (tertiary/aromatic N) is 1. The number of amides is 1. The summed E-state index contributed by atoms with van der Waals surface area (Å²) in [6, 6.07) is 0. The van der Waals surface area contributed by atoms with E-state index in [1.54, 1.807) is 0 Å². The second-order valence-electron chi connectivity index (χ2n) is 4.23. The molecule has 1 atom stereocenters. The molecule has 0 aromatic rings. The number of hydrogen-bond donors (Lipinski definition) is 1. The van der Waals surface area contributed by atoms with Crippen molar-refractivity contribution < 1.29 is 9.53 Å². The molecule has 1 aliphatic heterocycles. The highest BCUT2D eigenvalue weighted by molar-refractivity contribution is 5.76. The summed E-state index contributed by atoms with van der Waals surface area (Å²) < 4.78 is 5.28. The Morgan fingerprint density at radius 2 is 2.31 bits per heavy atom. The van der Waals surface area contributed by atoms with Crippen molar-refractivity contribution in [2.24, 2.45) is 5.92 Å². The smallest absolute Gasteiger partial charge is 0.222 e. The Bertz CT molecular complexity index is 203. The van der Waals surface area contributed by atoms with Crippen LogP contribution in [0.3, 0.4) is 0 Å². The first-order chi connectivity index (χ1) is 7.77. The van der Waals surface area contributed by atoms with E-state index in [2.05, 4.69) is 5.32 Å². The van der Waals surface area contributed by atoms with E-state index in [-0.39, 0.29) is 5.91 Å². The number of likely N-dealkylation sites (N-methyl/N-ethyl adjacent to an activating group) is 1. The highest BCUT2D eigenvalue weighted by atomic mass is 16.5. The summed E-state index contributed by atoms with van der Waals surface area (Å²) in [5.74, 6) is 0.810. The van der Waals surface area contributed by atoms with E-state index in [0.717, 1.165) is 39.2 Å². The Labute approximate surface area is 98.3 Å². The number of hydrogen-bond acceptors (Lipinski definition) is 3. The molecule has 0 aromatic heterocycles. The molecule has 1 rings (SSSR count). The van der Waals surface area contributed by atoms with Crippen molar-refractivity contribution >= 4 is 5.91 Å². The molecule has 0 radical (unpaired) electrons. The summed E-state index contributed by atoms with van der Waals surface area (Å²) in [5, 5.41) is 3.29. The molecule has 0 spiro atoms. The lowest BCUT2D eigenvalue weighted by Gasteiger charge is -2.22.